The van der Waals surface area contributed by atoms with E-state index in [1.54, 1.807) is 12.1 Å². The molecule has 3 N–H and O–H groups in total. The van der Waals surface area contributed by atoms with Crippen LogP contribution in [-0.4, -0.2) is 15.3 Å². The molecule has 1 aliphatic carbocycles. The Morgan fingerprint density at radius 2 is 1.12 bits per heavy atom. The van der Waals surface area contributed by atoms with E-state index in [1.165, 1.54) is 27.8 Å². The van der Waals surface area contributed by atoms with E-state index in [4.69, 9.17) is 0 Å². The van der Waals surface area contributed by atoms with Crippen molar-refractivity contribution in [2.75, 3.05) is 0 Å². The first kappa shape index (κ1) is 24.2. The maximum absolute atomic E-state index is 10.6. The van der Waals surface area contributed by atoms with E-state index in [0.29, 0.717) is 23.2 Å². The molecule has 3 heteroatoms. The lowest BCUT2D eigenvalue weighted by atomic mass is 9.60. The third-order valence-corrected chi connectivity index (χ3v) is 8.56. The van der Waals surface area contributed by atoms with Crippen LogP contribution in [0.25, 0.3) is 0 Å². The average Bonchev–Trinajstić information content (AvgIpc) is 2.83. The van der Waals surface area contributed by atoms with Crippen LogP contribution in [-0.2, 0) is 11.8 Å². The van der Waals surface area contributed by atoms with Crippen molar-refractivity contribution in [1.29, 1.82) is 0 Å². The molecular weight excluding hydrogens is 420 g/mol. The number of rotatable bonds is 4. The zero-order valence-corrected chi connectivity index (χ0v) is 21.4. The second-order valence-electron chi connectivity index (χ2n) is 10.6. The molecule has 3 aromatic rings. The van der Waals surface area contributed by atoms with Crippen molar-refractivity contribution in [2.24, 2.45) is 5.92 Å². The Bertz CT molecular complexity index is 1150. The van der Waals surface area contributed by atoms with Crippen molar-refractivity contribution in [3.8, 4) is 17.2 Å². The molecule has 3 aromatic carbocycles. The molecule has 0 saturated heterocycles. The van der Waals surface area contributed by atoms with E-state index in [1.807, 2.05) is 39.8 Å². The number of aryl methyl sites for hydroxylation is 2. The second kappa shape index (κ2) is 9.02. The third-order valence-electron chi connectivity index (χ3n) is 8.56. The molecule has 4 rings (SSSR count). The van der Waals surface area contributed by atoms with Crippen molar-refractivity contribution in [3.05, 3.63) is 86.5 Å². The molecule has 0 bridgehead atoms. The summed E-state index contributed by atoms with van der Waals surface area (Å²) in [5.41, 5.74) is 9.87. The monoisotopic (exact) mass is 458 g/mol. The Morgan fingerprint density at radius 1 is 0.676 bits per heavy atom. The molecule has 34 heavy (non-hydrogen) atoms. The largest absolute Gasteiger partial charge is 0.508 e. The number of aromatic hydroxyl groups is 3. The van der Waals surface area contributed by atoms with Crippen molar-refractivity contribution < 1.29 is 15.3 Å². The summed E-state index contributed by atoms with van der Waals surface area (Å²) >= 11 is 0. The van der Waals surface area contributed by atoms with Gasteiger partial charge in [0.1, 0.15) is 17.2 Å². The minimum atomic E-state index is -0.147. The van der Waals surface area contributed by atoms with Crippen molar-refractivity contribution in [2.45, 2.75) is 79.1 Å². The smallest absolute Gasteiger partial charge is 0.121 e. The minimum absolute atomic E-state index is 0.147. The number of benzene rings is 3. The fourth-order valence-corrected chi connectivity index (χ4v) is 6.15. The van der Waals surface area contributed by atoms with Gasteiger partial charge in [-0.3, -0.25) is 0 Å². The van der Waals surface area contributed by atoms with Crippen LogP contribution in [0.3, 0.4) is 0 Å². The van der Waals surface area contributed by atoms with Gasteiger partial charge in [-0.15, -0.1) is 0 Å². The summed E-state index contributed by atoms with van der Waals surface area (Å²) < 4.78 is 0. The Hall–Kier alpha value is -2.94. The molecule has 1 aliphatic rings. The van der Waals surface area contributed by atoms with Crippen LogP contribution in [0.5, 0.6) is 17.2 Å². The lowest BCUT2D eigenvalue weighted by Gasteiger charge is -2.44. The van der Waals surface area contributed by atoms with Crippen molar-refractivity contribution in [3.63, 3.8) is 0 Å². The van der Waals surface area contributed by atoms with Gasteiger partial charge in [-0.2, -0.15) is 0 Å². The molecule has 0 amide bonds. The Labute approximate surface area is 204 Å². The molecule has 3 nitrogen and oxygen atoms in total. The van der Waals surface area contributed by atoms with Gasteiger partial charge in [-0.25, -0.2) is 0 Å². The standard InChI is InChI=1S/C31H38O3/c1-18-15-27(20(3)22(5)29(18)33)31(28-16-19(2)30(34)23(6)21(28)4)13-11-25(12-14-31)17-24-7-9-26(32)10-8-24/h7-10,15-16,25,32-34H,11-14,17H2,1-6H3. The Kier molecular flexibility index (Phi) is 6.42. The van der Waals surface area contributed by atoms with Gasteiger partial charge in [0.15, 0.2) is 0 Å². The number of hydrogen-bond acceptors (Lipinski definition) is 3. The summed E-state index contributed by atoms with van der Waals surface area (Å²) in [7, 11) is 0. The maximum Gasteiger partial charge on any atom is 0.121 e. The molecule has 1 fully saturated rings. The lowest BCUT2D eigenvalue weighted by molar-refractivity contribution is 0.262. The third kappa shape index (κ3) is 4.06. The highest BCUT2D eigenvalue weighted by Crippen LogP contribution is 2.51. The van der Waals surface area contributed by atoms with Crippen LogP contribution in [0.2, 0.25) is 0 Å². The van der Waals surface area contributed by atoms with Gasteiger partial charge < -0.3 is 15.3 Å². The fourth-order valence-electron chi connectivity index (χ4n) is 6.15. The van der Waals surface area contributed by atoms with Crippen LogP contribution >= 0.6 is 0 Å². The van der Waals surface area contributed by atoms with E-state index in [9.17, 15) is 15.3 Å². The summed E-state index contributed by atoms with van der Waals surface area (Å²) in [6.45, 7) is 12.3. The molecule has 1 saturated carbocycles. The molecule has 0 aliphatic heterocycles. The Morgan fingerprint density at radius 3 is 1.56 bits per heavy atom. The second-order valence-corrected chi connectivity index (χ2v) is 10.6. The van der Waals surface area contributed by atoms with E-state index in [-0.39, 0.29) is 5.41 Å². The van der Waals surface area contributed by atoms with Crippen LogP contribution in [0.4, 0.5) is 0 Å². The van der Waals surface area contributed by atoms with Gasteiger partial charge in [0.2, 0.25) is 0 Å². The summed E-state index contributed by atoms with van der Waals surface area (Å²) in [5.74, 6) is 1.70. The first-order chi connectivity index (χ1) is 16.0. The highest BCUT2D eigenvalue weighted by Gasteiger charge is 2.41. The van der Waals surface area contributed by atoms with Gasteiger partial charge in [0.05, 0.1) is 0 Å². The molecule has 0 atom stereocenters. The Balaban J connectivity index is 1.80. The highest BCUT2D eigenvalue weighted by molar-refractivity contribution is 5.58. The summed E-state index contributed by atoms with van der Waals surface area (Å²) in [6, 6.07) is 12.0. The topological polar surface area (TPSA) is 60.7 Å². The fraction of sp³-hybridized carbons (Fsp3) is 0.419. The van der Waals surface area contributed by atoms with Crippen LogP contribution in [0.15, 0.2) is 36.4 Å². The number of hydrogen-bond donors (Lipinski definition) is 3. The molecular formula is C31H38O3. The first-order valence-corrected chi connectivity index (χ1v) is 12.4. The summed E-state index contributed by atoms with van der Waals surface area (Å²) in [4.78, 5) is 0. The van der Waals surface area contributed by atoms with Crippen LogP contribution in [0, 0.1) is 47.5 Å². The number of phenolic OH excluding ortho intramolecular Hbond substituents is 3. The first-order valence-electron chi connectivity index (χ1n) is 12.4. The van der Waals surface area contributed by atoms with Gasteiger partial charge in [-0.05, 0) is 142 Å². The zero-order valence-electron chi connectivity index (χ0n) is 21.4. The summed E-state index contributed by atoms with van der Waals surface area (Å²) in [5, 5.41) is 30.9. The molecule has 0 spiro atoms. The molecule has 0 heterocycles. The number of phenols is 3. The van der Waals surface area contributed by atoms with Gasteiger partial charge >= 0.3 is 0 Å². The maximum atomic E-state index is 10.6. The average molecular weight is 459 g/mol. The molecule has 180 valence electrons. The SMILES string of the molecule is Cc1cc(C2(c3cc(C)c(O)c(C)c3C)CCC(Cc3ccc(O)cc3)CC2)c(C)c(C)c1O. The minimum Gasteiger partial charge on any atom is -0.508 e. The van der Waals surface area contributed by atoms with Crippen LogP contribution in [0.1, 0.15) is 75.8 Å². The van der Waals surface area contributed by atoms with Crippen molar-refractivity contribution >= 4 is 0 Å². The quantitative estimate of drug-likeness (QED) is 0.382. The predicted molar refractivity (Wildman–Crippen MR) is 139 cm³/mol. The normalized spacial score (nSPS) is 16.1. The molecule has 0 unspecified atom stereocenters. The van der Waals surface area contributed by atoms with E-state index >= 15 is 0 Å². The zero-order chi connectivity index (χ0) is 24.8. The molecule has 0 aromatic heterocycles. The van der Waals surface area contributed by atoms with E-state index in [2.05, 4.69) is 26.0 Å². The van der Waals surface area contributed by atoms with Crippen molar-refractivity contribution in [1.82, 2.24) is 0 Å². The van der Waals surface area contributed by atoms with E-state index in [0.717, 1.165) is 54.4 Å². The highest BCUT2D eigenvalue weighted by atomic mass is 16.3. The molecule has 0 radical (unpaired) electrons. The lowest BCUT2D eigenvalue weighted by Crippen LogP contribution is -2.35. The van der Waals surface area contributed by atoms with E-state index < -0.39 is 0 Å². The van der Waals surface area contributed by atoms with Gasteiger partial charge in [-0.1, -0.05) is 24.3 Å². The van der Waals surface area contributed by atoms with Gasteiger partial charge in [0, 0.05) is 5.41 Å². The predicted octanol–water partition coefficient (Wildman–Crippen LogP) is 7.37. The summed E-state index contributed by atoms with van der Waals surface area (Å²) in [6.07, 6.45) is 5.31. The van der Waals surface area contributed by atoms with Gasteiger partial charge in [0.25, 0.3) is 0 Å². The van der Waals surface area contributed by atoms with Crippen LogP contribution < -0.4 is 0 Å².